The van der Waals surface area contributed by atoms with Crippen molar-refractivity contribution in [3.05, 3.63) is 47.7 Å². The highest BCUT2D eigenvalue weighted by Crippen LogP contribution is 2.09. The highest BCUT2D eigenvalue weighted by molar-refractivity contribution is 5.96. The number of carbonyl (C=O) groups excluding carboxylic acids is 2. The van der Waals surface area contributed by atoms with Gasteiger partial charge in [-0.1, -0.05) is 35.5 Å². The van der Waals surface area contributed by atoms with Crippen LogP contribution in [0.4, 0.5) is 5.82 Å². The lowest BCUT2D eigenvalue weighted by Gasteiger charge is -2.16. The van der Waals surface area contributed by atoms with Crippen LogP contribution in [0.25, 0.3) is 0 Å². The van der Waals surface area contributed by atoms with Crippen LogP contribution < -0.4 is 10.6 Å². The molecule has 2 N–H and O–H groups in total. The first-order chi connectivity index (χ1) is 10.0. The molecular formula is C15H17N3O3. The van der Waals surface area contributed by atoms with Crippen molar-refractivity contribution >= 4 is 17.6 Å². The summed E-state index contributed by atoms with van der Waals surface area (Å²) in [6.45, 7) is 3.11. The molecule has 0 saturated heterocycles. The number of hydrogen-bond acceptors (Lipinski definition) is 4. The Balaban J connectivity index is 2.07. The van der Waals surface area contributed by atoms with E-state index >= 15 is 0 Å². The first-order valence-electron chi connectivity index (χ1n) is 6.60. The molecule has 0 fully saturated rings. The van der Waals surface area contributed by atoms with E-state index < -0.39 is 6.04 Å². The van der Waals surface area contributed by atoms with Crippen molar-refractivity contribution in [1.82, 2.24) is 10.5 Å². The van der Waals surface area contributed by atoms with Crippen molar-refractivity contribution in [2.75, 3.05) is 5.32 Å². The molecule has 0 bridgehead atoms. The minimum Gasteiger partial charge on any atom is -0.360 e. The van der Waals surface area contributed by atoms with Gasteiger partial charge in [0.05, 0.1) is 0 Å². The molecule has 1 atom stereocenters. The van der Waals surface area contributed by atoms with Gasteiger partial charge in [-0.2, -0.15) is 0 Å². The predicted octanol–water partition coefficient (Wildman–Crippen LogP) is 1.67. The SMILES string of the molecule is CC(=O)NC(Cc1ccccc1)C(=O)Nc1cc(C)on1. The first kappa shape index (κ1) is 14.8. The van der Waals surface area contributed by atoms with Crippen LogP contribution in [-0.2, 0) is 16.0 Å². The summed E-state index contributed by atoms with van der Waals surface area (Å²) in [6, 6.07) is 10.4. The number of aromatic nitrogens is 1. The van der Waals surface area contributed by atoms with E-state index in [4.69, 9.17) is 4.52 Å². The summed E-state index contributed by atoms with van der Waals surface area (Å²) in [4.78, 5) is 23.5. The third-order valence-electron chi connectivity index (χ3n) is 2.86. The number of aryl methyl sites for hydroxylation is 1. The topological polar surface area (TPSA) is 84.2 Å². The van der Waals surface area contributed by atoms with Crippen LogP contribution in [0.15, 0.2) is 40.9 Å². The van der Waals surface area contributed by atoms with E-state index in [9.17, 15) is 9.59 Å². The molecule has 0 spiro atoms. The lowest BCUT2D eigenvalue weighted by molar-refractivity contribution is -0.125. The van der Waals surface area contributed by atoms with Gasteiger partial charge in [0.25, 0.3) is 0 Å². The lowest BCUT2D eigenvalue weighted by atomic mass is 10.1. The summed E-state index contributed by atoms with van der Waals surface area (Å²) >= 11 is 0. The average molecular weight is 287 g/mol. The van der Waals surface area contributed by atoms with Crippen molar-refractivity contribution in [2.45, 2.75) is 26.3 Å². The van der Waals surface area contributed by atoms with Crippen LogP contribution >= 0.6 is 0 Å². The van der Waals surface area contributed by atoms with Crippen LogP contribution in [-0.4, -0.2) is 23.0 Å². The summed E-state index contributed by atoms with van der Waals surface area (Å²) in [7, 11) is 0. The van der Waals surface area contributed by atoms with E-state index in [-0.39, 0.29) is 11.8 Å². The number of hydrogen-bond donors (Lipinski definition) is 2. The summed E-state index contributed by atoms with van der Waals surface area (Å²) in [5.41, 5.74) is 0.961. The van der Waals surface area contributed by atoms with Crippen molar-refractivity contribution in [1.29, 1.82) is 0 Å². The van der Waals surface area contributed by atoms with Gasteiger partial charge in [-0.3, -0.25) is 9.59 Å². The Hall–Kier alpha value is -2.63. The lowest BCUT2D eigenvalue weighted by Crippen LogP contribution is -2.44. The molecule has 2 aromatic rings. The van der Waals surface area contributed by atoms with Crippen molar-refractivity contribution in [2.24, 2.45) is 0 Å². The maximum absolute atomic E-state index is 12.3. The monoisotopic (exact) mass is 287 g/mol. The average Bonchev–Trinajstić information content (AvgIpc) is 2.84. The minimum absolute atomic E-state index is 0.262. The second kappa shape index (κ2) is 6.69. The van der Waals surface area contributed by atoms with E-state index in [1.807, 2.05) is 30.3 Å². The summed E-state index contributed by atoms with van der Waals surface area (Å²) in [6.07, 6.45) is 0.406. The fraction of sp³-hybridized carbons (Fsp3) is 0.267. The van der Waals surface area contributed by atoms with Crippen LogP contribution in [0, 0.1) is 6.92 Å². The standard InChI is InChI=1S/C15H17N3O3/c1-10-8-14(18-21-10)17-15(20)13(16-11(2)19)9-12-6-4-3-5-7-12/h3-8,13H,9H2,1-2H3,(H,16,19)(H,17,18,20). The molecule has 0 aliphatic carbocycles. The molecule has 1 heterocycles. The smallest absolute Gasteiger partial charge is 0.248 e. The fourth-order valence-electron chi connectivity index (χ4n) is 1.94. The molecule has 110 valence electrons. The van der Waals surface area contributed by atoms with E-state index in [1.165, 1.54) is 6.92 Å². The van der Waals surface area contributed by atoms with Gasteiger partial charge in [0.2, 0.25) is 11.8 Å². The second-order valence-corrected chi connectivity index (χ2v) is 4.75. The molecule has 0 radical (unpaired) electrons. The van der Waals surface area contributed by atoms with Crippen LogP contribution in [0.1, 0.15) is 18.2 Å². The zero-order valence-electron chi connectivity index (χ0n) is 11.9. The zero-order valence-corrected chi connectivity index (χ0v) is 11.9. The number of rotatable bonds is 5. The zero-order chi connectivity index (χ0) is 15.2. The molecule has 2 amide bonds. The van der Waals surface area contributed by atoms with Gasteiger partial charge in [-0.05, 0) is 12.5 Å². The maximum Gasteiger partial charge on any atom is 0.248 e. The predicted molar refractivity (Wildman–Crippen MR) is 77.6 cm³/mol. The quantitative estimate of drug-likeness (QED) is 0.876. The molecule has 1 aromatic heterocycles. The Morgan fingerprint density at radius 2 is 2.00 bits per heavy atom. The van der Waals surface area contributed by atoms with Gasteiger partial charge in [0, 0.05) is 19.4 Å². The number of carbonyl (C=O) groups is 2. The number of nitrogens with zero attached hydrogens (tertiary/aromatic N) is 1. The van der Waals surface area contributed by atoms with Gasteiger partial charge in [0.15, 0.2) is 5.82 Å². The molecule has 0 aliphatic heterocycles. The van der Waals surface area contributed by atoms with E-state index in [0.29, 0.717) is 18.0 Å². The summed E-state index contributed by atoms with van der Waals surface area (Å²) in [5, 5.41) is 8.98. The first-order valence-corrected chi connectivity index (χ1v) is 6.60. The van der Waals surface area contributed by atoms with Crippen LogP contribution in [0.5, 0.6) is 0 Å². The number of amides is 2. The molecule has 2 rings (SSSR count). The van der Waals surface area contributed by atoms with E-state index in [1.54, 1.807) is 13.0 Å². The highest BCUT2D eigenvalue weighted by Gasteiger charge is 2.21. The third kappa shape index (κ3) is 4.45. The largest absolute Gasteiger partial charge is 0.360 e. The second-order valence-electron chi connectivity index (χ2n) is 4.75. The normalized spacial score (nSPS) is 11.7. The molecule has 6 nitrogen and oxygen atoms in total. The Morgan fingerprint density at radius 3 is 2.57 bits per heavy atom. The Bertz CT molecular complexity index is 622. The van der Waals surface area contributed by atoms with Gasteiger partial charge in [-0.25, -0.2) is 0 Å². The van der Waals surface area contributed by atoms with Crippen LogP contribution in [0.3, 0.4) is 0 Å². The van der Waals surface area contributed by atoms with E-state index in [2.05, 4.69) is 15.8 Å². The van der Waals surface area contributed by atoms with Crippen molar-refractivity contribution in [3.63, 3.8) is 0 Å². The summed E-state index contributed by atoms with van der Waals surface area (Å²) < 4.78 is 4.89. The van der Waals surface area contributed by atoms with Crippen molar-refractivity contribution < 1.29 is 14.1 Å². The minimum atomic E-state index is -0.665. The molecule has 1 unspecified atom stereocenters. The number of benzene rings is 1. The summed E-state index contributed by atoms with van der Waals surface area (Å²) in [5.74, 6) is 0.343. The molecule has 21 heavy (non-hydrogen) atoms. The van der Waals surface area contributed by atoms with Gasteiger partial charge < -0.3 is 15.2 Å². The molecule has 6 heteroatoms. The fourth-order valence-corrected chi connectivity index (χ4v) is 1.94. The molecule has 0 saturated carbocycles. The van der Waals surface area contributed by atoms with Crippen LogP contribution in [0.2, 0.25) is 0 Å². The Morgan fingerprint density at radius 1 is 1.29 bits per heavy atom. The van der Waals surface area contributed by atoms with Gasteiger partial charge >= 0.3 is 0 Å². The third-order valence-corrected chi connectivity index (χ3v) is 2.86. The maximum atomic E-state index is 12.3. The van der Waals surface area contributed by atoms with Gasteiger partial charge in [-0.15, -0.1) is 0 Å². The Kier molecular flexibility index (Phi) is 4.71. The number of nitrogens with one attached hydrogen (secondary N) is 2. The highest BCUT2D eigenvalue weighted by atomic mass is 16.5. The molecule has 0 aliphatic rings. The van der Waals surface area contributed by atoms with Crippen molar-refractivity contribution in [3.8, 4) is 0 Å². The molecule has 1 aromatic carbocycles. The Labute approximate surface area is 122 Å². The molecular weight excluding hydrogens is 270 g/mol. The number of anilines is 1. The van der Waals surface area contributed by atoms with Gasteiger partial charge in [0.1, 0.15) is 11.8 Å². The van der Waals surface area contributed by atoms with E-state index in [0.717, 1.165) is 5.56 Å².